The number of para-hydroxylation sites is 1. The molecule has 4 rings (SSSR count). The van der Waals surface area contributed by atoms with Crippen molar-refractivity contribution >= 4 is 5.91 Å². The van der Waals surface area contributed by atoms with Crippen molar-refractivity contribution in [3.8, 4) is 17.0 Å². The highest BCUT2D eigenvalue weighted by Crippen LogP contribution is 2.39. The molecule has 156 valence electrons. The molecule has 2 unspecified atom stereocenters. The summed E-state index contributed by atoms with van der Waals surface area (Å²) in [5.74, 6) is 0.0146. The van der Waals surface area contributed by atoms with Crippen molar-refractivity contribution < 1.29 is 22.7 Å². The third-order valence-electron chi connectivity index (χ3n) is 6.04. The van der Waals surface area contributed by atoms with E-state index in [4.69, 9.17) is 0 Å². The molecular weight excluding hydrogens is 383 g/mol. The number of amides is 1. The molecule has 1 saturated heterocycles. The number of fused-ring (bicyclic) bond motifs is 1. The van der Waals surface area contributed by atoms with E-state index < -0.39 is 6.36 Å². The summed E-state index contributed by atoms with van der Waals surface area (Å²) in [6.07, 6.45) is 3.15. The lowest BCUT2D eigenvalue weighted by Crippen LogP contribution is -2.49. The standard InChI is InChI=1S/C21H24F3N3O2/c1-26-19(15-9-3-5-11-18(15)29-21(22,23)24)16(13-25-26)20(28)27-12-6-8-14-7-2-4-10-17(14)27/h3,5,9,11,13-14,17H,2,4,6-8,10,12H2,1H3. The van der Waals surface area contributed by atoms with Crippen LogP contribution >= 0.6 is 0 Å². The molecule has 2 fully saturated rings. The zero-order chi connectivity index (χ0) is 20.6. The van der Waals surface area contributed by atoms with E-state index in [9.17, 15) is 18.0 Å². The Labute approximate surface area is 167 Å². The lowest BCUT2D eigenvalue weighted by Gasteiger charge is -2.44. The van der Waals surface area contributed by atoms with Crippen molar-refractivity contribution in [2.75, 3.05) is 6.54 Å². The van der Waals surface area contributed by atoms with Gasteiger partial charge in [0.15, 0.2) is 0 Å². The van der Waals surface area contributed by atoms with Crippen LogP contribution in [-0.4, -0.2) is 39.5 Å². The summed E-state index contributed by atoms with van der Waals surface area (Å²) in [5, 5.41) is 4.18. The van der Waals surface area contributed by atoms with E-state index in [1.54, 1.807) is 13.1 Å². The molecule has 0 bridgehead atoms. The van der Waals surface area contributed by atoms with Gasteiger partial charge in [-0.2, -0.15) is 5.10 Å². The number of carbonyl (C=O) groups is 1. The minimum absolute atomic E-state index is 0.161. The predicted molar refractivity (Wildman–Crippen MR) is 101 cm³/mol. The van der Waals surface area contributed by atoms with Crippen LogP contribution in [0, 0.1) is 5.92 Å². The number of hydrogen-bond acceptors (Lipinski definition) is 3. The number of halogens is 3. The molecule has 0 radical (unpaired) electrons. The van der Waals surface area contributed by atoms with Crippen molar-refractivity contribution in [1.82, 2.24) is 14.7 Å². The average Bonchev–Trinajstić information content (AvgIpc) is 3.07. The summed E-state index contributed by atoms with van der Waals surface area (Å²) in [4.78, 5) is 15.4. The molecule has 1 aliphatic heterocycles. The Balaban J connectivity index is 1.71. The number of nitrogens with zero attached hydrogens (tertiary/aromatic N) is 3. The monoisotopic (exact) mass is 407 g/mol. The molecule has 0 N–H and O–H groups in total. The second-order valence-electron chi connectivity index (χ2n) is 7.83. The molecule has 1 aliphatic carbocycles. The first-order chi connectivity index (χ1) is 13.8. The van der Waals surface area contributed by atoms with Crippen LogP contribution < -0.4 is 4.74 Å². The van der Waals surface area contributed by atoms with Gasteiger partial charge in [-0.1, -0.05) is 25.0 Å². The van der Waals surface area contributed by atoms with Crippen LogP contribution in [0.25, 0.3) is 11.3 Å². The predicted octanol–water partition coefficient (Wildman–Crippen LogP) is 4.78. The quantitative estimate of drug-likeness (QED) is 0.736. The zero-order valence-electron chi connectivity index (χ0n) is 16.3. The molecule has 2 heterocycles. The maximum Gasteiger partial charge on any atom is 0.573 e. The van der Waals surface area contributed by atoms with Gasteiger partial charge in [0.2, 0.25) is 0 Å². The van der Waals surface area contributed by atoms with Crippen molar-refractivity contribution in [3.05, 3.63) is 36.0 Å². The van der Waals surface area contributed by atoms with Gasteiger partial charge in [-0.05, 0) is 43.7 Å². The number of carbonyl (C=O) groups excluding carboxylic acids is 1. The fraction of sp³-hybridized carbons (Fsp3) is 0.524. The Hall–Kier alpha value is -2.51. The second-order valence-corrected chi connectivity index (χ2v) is 7.83. The lowest BCUT2D eigenvalue weighted by molar-refractivity contribution is -0.274. The van der Waals surface area contributed by atoms with Gasteiger partial charge in [-0.15, -0.1) is 13.2 Å². The van der Waals surface area contributed by atoms with Crippen LogP contribution in [0.5, 0.6) is 5.75 Å². The molecule has 2 aromatic rings. The molecule has 29 heavy (non-hydrogen) atoms. The first-order valence-electron chi connectivity index (χ1n) is 10.0. The van der Waals surface area contributed by atoms with Gasteiger partial charge in [-0.25, -0.2) is 0 Å². The van der Waals surface area contributed by atoms with Gasteiger partial charge in [0.25, 0.3) is 5.91 Å². The lowest BCUT2D eigenvalue weighted by atomic mass is 9.78. The Morgan fingerprint density at radius 1 is 1.14 bits per heavy atom. The number of aromatic nitrogens is 2. The third-order valence-corrected chi connectivity index (χ3v) is 6.04. The largest absolute Gasteiger partial charge is 0.573 e. The minimum Gasteiger partial charge on any atom is -0.405 e. The van der Waals surface area contributed by atoms with Crippen LogP contribution in [-0.2, 0) is 7.05 Å². The summed E-state index contributed by atoms with van der Waals surface area (Å²) >= 11 is 0. The van der Waals surface area contributed by atoms with E-state index in [0.29, 0.717) is 23.7 Å². The van der Waals surface area contributed by atoms with Crippen LogP contribution in [0.3, 0.4) is 0 Å². The Morgan fingerprint density at radius 2 is 1.86 bits per heavy atom. The summed E-state index contributed by atoms with van der Waals surface area (Å²) in [7, 11) is 1.62. The normalized spacial score (nSPS) is 22.3. The highest BCUT2D eigenvalue weighted by molar-refractivity contribution is 6.00. The molecular formula is C21H24F3N3O2. The van der Waals surface area contributed by atoms with Crippen LogP contribution in [0.4, 0.5) is 13.2 Å². The van der Waals surface area contributed by atoms with Gasteiger partial charge in [0, 0.05) is 25.2 Å². The van der Waals surface area contributed by atoms with E-state index >= 15 is 0 Å². The molecule has 2 atom stereocenters. The Bertz CT molecular complexity index is 892. The first kappa shape index (κ1) is 19.8. The Morgan fingerprint density at radius 3 is 2.66 bits per heavy atom. The number of hydrogen-bond donors (Lipinski definition) is 0. The number of alkyl halides is 3. The number of likely N-dealkylation sites (tertiary alicyclic amines) is 1. The molecule has 8 heteroatoms. The van der Waals surface area contributed by atoms with Crippen LogP contribution in [0.15, 0.2) is 30.5 Å². The molecule has 1 amide bonds. The fourth-order valence-corrected chi connectivity index (χ4v) is 4.82. The van der Waals surface area contributed by atoms with Crippen LogP contribution in [0.1, 0.15) is 48.9 Å². The maximum absolute atomic E-state index is 13.5. The molecule has 1 saturated carbocycles. The average molecular weight is 407 g/mol. The van der Waals surface area contributed by atoms with Crippen molar-refractivity contribution in [1.29, 1.82) is 0 Å². The third kappa shape index (κ3) is 3.97. The fourth-order valence-electron chi connectivity index (χ4n) is 4.82. The first-order valence-corrected chi connectivity index (χ1v) is 10.0. The van der Waals surface area contributed by atoms with Gasteiger partial charge in [-0.3, -0.25) is 9.48 Å². The van der Waals surface area contributed by atoms with Gasteiger partial charge < -0.3 is 9.64 Å². The summed E-state index contributed by atoms with van der Waals surface area (Å²) in [6.45, 7) is 0.676. The van der Waals surface area contributed by atoms with Gasteiger partial charge in [0.05, 0.1) is 17.5 Å². The van der Waals surface area contributed by atoms with E-state index in [1.807, 2.05) is 4.90 Å². The van der Waals surface area contributed by atoms with Crippen molar-refractivity contribution in [2.45, 2.75) is 50.9 Å². The molecule has 2 aliphatic rings. The zero-order valence-corrected chi connectivity index (χ0v) is 16.3. The smallest absolute Gasteiger partial charge is 0.405 e. The maximum atomic E-state index is 13.5. The molecule has 1 aromatic heterocycles. The highest BCUT2D eigenvalue weighted by atomic mass is 19.4. The SMILES string of the molecule is Cn1ncc(C(=O)N2CCCC3CCCCC32)c1-c1ccccc1OC(F)(F)F. The van der Waals surface area contributed by atoms with E-state index in [-0.39, 0.29) is 23.3 Å². The molecule has 1 aromatic carbocycles. The number of benzene rings is 1. The number of ether oxygens (including phenoxy) is 1. The van der Waals surface area contributed by atoms with E-state index in [1.165, 1.54) is 35.5 Å². The minimum atomic E-state index is -4.82. The molecule has 0 spiro atoms. The Kier molecular flexibility index (Phi) is 5.27. The van der Waals surface area contributed by atoms with Gasteiger partial charge >= 0.3 is 6.36 Å². The summed E-state index contributed by atoms with van der Waals surface area (Å²) < 4.78 is 44.3. The second kappa shape index (κ2) is 7.72. The number of rotatable bonds is 3. The number of piperidine rings is 1. The van der Waals surface area contributed by atoms with Crippen LogP contribution in [0.2, 0.25) is 0 Å². The summed E-state index contributed by atoms with van der Waals surface area (Å²) in [5.41, 5.74) is 0.857. The highest BCUT2D eigenvalue weighted by Gasteiger charge is 2.38. The van der Waals surface area contributed by atoms with Crippen molar-refractivity contribution in [2.24, 2.45) is 13.0 Å². The van der Waals surface area contributed by atoms with Gasteiger partial charge in [0.1, 0.15) is 5.75 Å². The number of aryl methyl sites for hydroxylation is 1. The summed E-state index contributed by atoms with van der Waals surface area (Å²) in [6, 6.07) is 6.08. The molecule has 5 nitrogen and oxygen atoms in total. The van der Waals surface area contributed by atoms with E-state index in [2.05, 4.69) is 9.84 Å². The van der Waals surface area contributed by atoms with Crippen molar-refractivity contribution in [3.63, 3.8) is 0 Å². The van der Waals surface area contributed by atoms with E-state index in [0.717, 1.165) is 32.1 Å². The topological polar surface area (TPSA) is 47.4 Å².